The van der Waals surface area contributed by atoms with Crippen molar-refractivity contribution in [1.82, 2.24) is 10.2 Å². The van der Waals surface area contributed by atoms with Gasteiger partial charge in [0, 0.05) is 12.6 Å². The molecule has 1 aliphatic carbocycles. The molecule has 0 aromatic heterocycles. The Kier molecular flexibility index (Phi) is 6.66. The summed E-state index contributed by atoms with van der Waals surface area (Å²) in [6.07, 6.45) is 11.4. The smallest absolute Gasteiger partial charge is 0.0123 e. The Morgan fingerprint density at radius 2 is 1.89 bits per heavy atom. The van der Waals surface area contributed by atoms with E-state index in [0.717, 1.165) is 17.9 Å². The first-order chi connectivity index (χ1) is 9.35. The summed E-state index contributed by atoms with van der Waals surface area (Å²) in [5.41, 5.74) is 0. The van der Waals surface area contributed by atoms with Crippen LogP contribution in [0.3, 0.4) is 0 Å². The average Bonchev–Trinajstić information content (AvgIpc) is 2.48. The van der Waals surface area contributed by atoms with Crippen LogP contribution in [0, 0.1) is 11.8 Å². The summed E-state index contributed by atoms with van der Waals surface area (Å²) < 4.78 is 0. The van der Waals surface area contributed by atoms with Crippen molar-refractivity contribution in [3.8, 4) is 0 Å². The first-order valence-corrected chi connectivity index (χ1v) is 8.79. The topological polar surface area (TPSA) is 15.3 Å². The Balaban J connectivity index is 1.92. The van der Waals surface area contributed by atoms with Crippen LogP contribution >= 0.6 is 0 Å². The predicted molar refractivity (Wildman–Crippen MR) is 83.5 cm³/mol. The highest BCUT2D eigenvalue weighted by atomic mass is 15.2. The Labute approximate surface area is 120 Å². The lowest BCUT2D eigenvalue weighted by atomic mass is 9.81. The van der Waals surface area contributed by atoms with E-state index in [1.54, 1.807) is 0 Å². The molecule has 1 N–H and O–H groups in total. The third-order valence-electron chi connectivity index (χ3n) is 5.26. The fraction of sp³-hybridized carbons (Fsp3) is 1.00. The van der Waals surface area contributed by atoms with Gasteiger partial charge < -0.3 is 5.32 Å². The molecule has 0 bridgehead atoms. The van der Waals surface area contributed by atoms with Crippen LogP contribution in [0.25, 0.3) is 0 Å². The van der Waals surface area contributed by atoms with E-state index in [1.165, 1.54) is 77.5 Å². The molecule has 1 saturated heterocycles. The van der Waals surface area contributed by atoms with Crippen molar-refractivity contribution in [2.24, 2.45) is 11.8 Å². The van der Waals surface area contributed by atoms with Gasteiger partial charge >= 0.3 is 0 Å². The molecule has 0 amide bonds. The van der Waals surface area contributed by atoms with Gasteiger partial charge in [0.05, 0.1) is 0 Å². The highest BCUT2D eigenvalue weighted by molar-refractivity contribution is 4.85. The zero-order valence-corrected chi connectivity index (χ0v) is 13.2. The van der Waals surface area contributed by atoms with Crippen molar-refractivity contribution in [3.05, 3.63) is 0 Å². The lowest BCUT2D eigenvalue weighted by Crippen LogP contribution is -2.47. The van der Waals surface area contributed by atoms with E-state index in [1.807, 2.05) is 0 Å². The third-order valence-corrected chi connectivity index (χ3v) is 5.26. The molecule has 1 saturated carbocycles. The largest absolute Gasteiger partial charge is 0.316 e. The second-order valence-electron chi connectivity index (χ2n) is 6.73. The molecule has 1 heterocycles. The highest BCUT2D eigenvalue weighted by Gasteiger charge is 2.30. The molecule has 2 rings (SSSR count). The molecule has 3 unspecified atom stereocenters. The fourth-order valence-electron chi connectivity index (χ4n) is 4.24. The summed E-state index contributed by atoms with van der Waals surface area (Å²) >= 11 is 0. The van der Waals surface area contributed by atoms with Crippen LogP contribution in [-0.2, 0) is 0 Å². The molecule has 0 radical (unpaired) electrons. The van der Waals surface area contributed by atoms with Gasteiger partial charge in [-0.15, -0.1) is 0 Å². The van der Waals surface area contributed by atoms with E-state index in [9.17, 15) is 0 Å². The van der Waals surface area contributed by atoms with Crippen molar-refractivity contribution >= 4 is 0 Å². The summed E-state index contributed by atoms with van der Waals surface area (Å²) in [6, 6.07) is 0.889. The SMILES string of the molecule is CCCN(CC1CCCNC1)C1CCCCC1CC. The summed E-state index contributed by atoms with van der Waals surface area (Å²) in [6.45, 7) is 9.90. The number of nitrogens with zero attached hydrogens (tertiary/aromatic N) is 1. The van der Waals surface area contributed by atoms with Crippen LogP contribution in [-0.4, -0.2) is 37.1 Å². The molecule has 2 fully saturated rings. The van der Waals surface area contributed by atoms with Crippen molar-refractivity contribution < 1.29 is 0 Å². The molecule has 0 aromatic rings. The van der Waals surface area contributed by atoms with Crippen LogP contribution in [0.1, 0.15) is 65.2 Å². The van der Waals surface area contributed by atoms with E-state index in [2.05, 4.69) is 24.1 Å². The molecule has 3 atom stereocenters. The summed E-state index contributed by atoms with van der Waals surface area (Å²) in [4.78, 5) is 2.87. The van der Waals surface area contributed by atoms with Crippen molar-refractivity contribution in [1.29, 1.82) is 0 Å². The van der Waals surface area contributed by atoms with Crippen molar-refractivity contribution in [3.63, 3.8) is 0 Å². The Bertz CT molecular complexity index is 235. The molecule has 0 aromatic carbocycles. The Hall–Kier alpha value is -0.0800. The van der Waals surface area contributed by atoms with Crippen molar-refractivity contribution in [2.45, 2.75) is 71.3 Å². The van der Waals surface area contributed by atoms with E-state index in [0.29, 0.717) is 0 Å². The minimum Gasteiger partial charge on any atom is -0.316 e. The van der Waals surface area contributed by atoms with E-state index in [4.69, 9.17) is 0 Å². The lowest BCUT2D eigenvalue weighted by Gasteiger charge is -2.42. The van der Waals surface area contributed by atoms with Crippen LogP contribution in [0.15, 0.2) is 0 Å². The van der Waals surface area contributed by atoms with Gasteiger partial charge in [-0.25, -0.2) is 0 Å². The molecule has 0 spiro atoms. The van der Waals surface area contributed by atoms with Gasteiger partial charge in [-0.05, 0) is 63.6 Å². The highest BCUT2D eigenvalue weighted by Crippen LogP contribution is 2.31. The summed E-state index contributed by atoms with van der Waals surface area (Å²) in [5.74, 6) is 1.87. The number of hydrogen-bond acceptors (Lipinski definition) is 2. The van der Waals surface area contributed by atoms with Gasteiger partial charge in [0.1, 0.15) is 0 Å². The van der Waals surface area contributed by atoms with Gasteiger partial charge in [0.25, 0.3) is 0 Å². The van der Waals surface area contributed by atoms with Gasteiger partial charge in [-0.2, -0.15) is 0 Å². The number of piperidine rings is 1. The molecule has 112 valence electrons. The first kappa shape index (κ1) is 15.3. The van der Waals surface area contributed by atoms with Crippen LogP contribution in [0.5, 0.6) is 0 Å². The molecular formula is C17H34N2. The first-order valence-electron chi connectivity index (χ1n) is 8.79. The van der Waals surface area contributed by atoms with E-state index in [-0.39, 0.29) is 0 Å². The third kappa shape index (κ3) is 4.46. The summed E-state index contributed by atoms with van der Waals surface area (Å²) in [5, 5.41) is 3.58. The standard InChI is InChI=1S/C17H34N2/c1-3-12-19(14-15-8-7-11-18-13-15)17-10-6-5-9-16(17)4-2/h15-18H,3-14H2,1-2H3. The number of nitrogens with one attached hydrogen (secondary N) is 1. The minimum absolute atomic E-state index is 0.889. The zero-order valence-electron chi connectivity index (χ0n) is 13.2. The van der Waals surface area contributed by atoms with Crippen molar-refractivity contribution in [2.75, 3.05) is 26.2 Å². The summed E-state index contributed by atoms with van der Waals surface area (Å²) in [7, 11) is 0. The molecule has 2 heteroatoms. The monoisotopic (exact) mass is 266 g/mol. The quantitative estimate of drug-likeness (QED) is 0.789. The molecule has 2 aliphatic rings. The van der Waals surface area contributed by atoms with Crippen LogP contribution in [0.2, 0.25) is 0 Å². The Morgan fingerprint density at radius 3 is 2.58 bits per heavy atom. The molecular weight excluding hydrogens is 232 g/mol. The fourth-order valence-corrected chi connectivity index (χ4v) is 4.24. The average molecular weight is 266 g/mol. The maximum atomic E-state index is 3.58. The van der Waals surface area contributed by atoms with Crippen LogP contribution in [0.4, 0.5) is 0 Å². The lowest BCUT2D eigenvalue weighted by molar-refractivity contribution is 0.0799. The number of rotatable bonds is 6. The zero-order chi connectivity index (χ0) is 13.5. The molecule has 2 nitrogen and oxygen atoms in total. The van der Waals surface area contributed by atoms with Crippen LogP contribution < -0.4 is 5.32 Å². The minimum atomic E-state index is 0.889. The molecule has 1 aliphatic heterocycles. The van der Waals surface area contributed by atoms with Gasteiger partial charge in [0.15, 0.2) is 0 Å². The second kappa shape index (κ2) is 8.26. The maximum absolute atomic E-state index is 3.58. The number of hydrogen-bond donors (Lipinski definition) is 1. The normalized spacial score (nSPS) is 32.7. The van der Waals surface area contributed by atoms with E-state index < -0.39 is 0 Å². The maximum Gasteiger partial charge on any atom is 0.0123 e. The van der Waals surface area contributed by atoms with Gasteiger partial charge in [-0.1, -0.05) is 33.1 Å². The second-order valence-corrected chi connectivity index (χ2v) is 6.73. The van der Waals surface area contributed by atoms with Gasteiger partial charge in [0.2, 0.25) is 0 Å². The van der Waals surface area contributed by atoms with Gasteiger partial charge in [-0.3, -0.25) is 4.90 Å². The Morgan fingerprint density at radius 1 is 1.05 bits per heavy atom. The van der Waals surface area contributed by atoms with E-state index >= 15 is 0 Å². The predicted octanol–water partition coefficient (Wildman–Crippen LogP) is 3.67. The molecule has 19 heavy (non-hydrogen) atoms.